The Labute approximate surface area is 114 Å². The summed E-state index contributed by atoms with van der Waals surface area (Å²) in [5.74, 6) is 0. The normalized spacial score (nSPS) is 13.2. The van der Waals surface area contributed by atoms with Gasteiger partial charge in [0.1, 0.15) is 0 Å². The van der Waals surface area contributed by atoms with Gasteiger partial charge in [0.05, 0.1) is 5.69 Å². The smallest absolute Gasteiger partial charge is 0.193 e. The first kappa shape index (κ1) is 11.9. The molecule has 3 heterocycles. The van der Waals surface area contributed by atoms with Gasteiger partial charge in [-0.2, -0.15) is 0 Å². The molecular weight excluding hydrogens is 262 g/mol. The van der Waals surface area contributed by atoms with E-state index in [4.69, 9.17) is 5.73 Å². The van der Waals surface area contributed by atoms with Gasteiger partial charge < -0.3 is 5.73 Å². The Morgan fingerprint density at radius 1 is 1.44 bits per heavy atom. The lowest BCUT2D eigenvalue weighted by atomic mass is 10.1. The molecule has 3 aromatic heterocycles. The van der Waals surface area contributed by atoms with Gasteiger partial charge in [0.15, 0.2) is 4.96 Å². The van der Waals surface area contributed by atoms with Crippen LogP contribution in [-0.4, -0.2) is 9.38 Å². The molecule has 0 saturated heterocycles. The molecule has 1 unspecified atom stereocenters. The van der Waals surface area contributed by atoms with Crippen molar-refractivity contribution in [1.82, 2.24) is 9.38 Å². The maximum Gasteiger partial charge on any atom is 0.193 e. The minimum Gasteiger partial charge on any atom is -0.323 e. The van der Waals surface area contributed by atoms with Gasteiger partial charge in [0.2, 0.25) is 0 Å². The summed E-state index contributed by atoms with van der Waals surface area (Å²) in [7, 11) is 0. The van der Waals surface area contributed by atoms with Crippen molar-refractivity contribution >= 4 is 27.6 Å². The highest BCUT2D eigenvalue weighted by molar-refractivity contribution is 7.15. The average Bonchev–Trinajstić information content (AvgIpc) is 3.02. The highest BCUT2D eigenvalue weighted by Crippen LogP contribution is 2.25. The molecule has 0 radical (unpaired) electrons. The van der Waals surface area contributed by atoms with Crippen LogP contribution >= 0.6 is 22.7 Å². The van der Waals surface area contributed by atoms with E-state index in [9.17, 15) is 0 Å². The third kappa shape index (κ3) is 2.21. The van der Waals surface area contributed by atoms with Gasteiger partial charge in [-0.3, -0.25) is 4.40 Å². The number of fused-ring (bicyclic) bond motifs is 1. The van der Waals surface area contributed by atoms with E-state index in [1.165, 1.54) is 9.75 Å². The van der Waals surface area contributed by atoms with E-state index in [1.54, 1.807) is 11.3 Å². The molecular formula is C13H15N3S2. The molecule has 0 aliphatic carbocycles. The number of imidazole rings is 1. The molecule has 0 amide bonds. The Kier molecular flexibility index (Phi) is 3.20. The monoisotopic (exact) mass is 277 g/mol. The quantitative estimate of drug-likeness (QED) is 0.795. The van der Waals surface area contributed by atoms with E-state index >= 15 is 0 Å². The van der Waals surface area contributed by atoms with Crippen LogP contribution in [0.3, 0.4) is 0 Å². The number of aryl methyl sites for hydroxylation is 1. The zero-order chi connectivity index (χ0) is 12.5. The second-order valence-electron chi connectivity index (χ2n) is 4.29. The largest absolute Gasteiger partial charge is 0.323 e. The highest BCUT2D eigenvalue weighted by Gasteiger charge is 2.12. The highest BCUT2D eigenvalue weighted by atomic mass is 32.1. The van der Waals surface area contributed by atoms with Crippen LogP contribution in [0.1, 0.15) is 28.4 Å². The van der Waals surface area contributed by atoms with E-state index < -0.39 is 0 Å². The fraction of sp³-hybridized carbons (Fsp3) is 0.308. The van der Waals surface area contributed by atoms with E-state index in [2.05, 4.69) is 34.6 Å². The van der Waals surface area contributed by atoms with Crippen molar-refractivity contribution in [3.05, 3.63) is 45.4 Å². The number of aromatic nitrogens is 2. The predicted molar refractivity (Wildman–Crippen MR) is 77.4 cm³/mol. The Bertz CT molecular complexity index is 621. The molecule has 5 heteroatoms. The van der Waals surface area contributed by atoms with Gasteiger partial charge in [-0.15, -0.1) is 22.7 Å². The van der Waals surface area contributed by atoms with E-state index in [-0.39, 0.29) is 6.04 Å². The molecule has 3 rings (SSSR count). The molecule has 0 fully saturated rings. The van der Waals surface area contributed by atoms with E-state index in [0.29, 0.717) is 0 Å². The molecule has 1 atom stereocenters. The second-order valence-corrected chi connectivity index (χ2v) is 6.37. The zero-order valence-corrected chi connectivity index (χ0v) is 11.8. The Morgan fingerprint density at radius 3 is 3.06 bits per heavy atom. The summed E-state index contributed by atoms with van der Waals surface area (Å²) in [6.45, 7) is 2.17. The summed E-state index contributed by atoms with van der Waals surface area (Å²) < 4.78 is 2.05. The van der Waals surface area contributed by atoms with Crippen molar-refractivity contribution in [2.75, 3.05) is 0 Å². The minimum absolute atomic E-state index is 0.0555. The fourth-order valence-electron chi connectivity index (χ4n) is 1.98. The maximum atomic E-state index is 6.25. The lowest BCUT2D eigenvalue weighted by molar-refractivity contribution is 0.724. The summed E-state index contributed by atoms with van der Waals surface area (Å²) in [4.78, 5) is 8.26. The lowest BCUT2D eigenvalue weighted by Crippen LogP contribution is -2.11. The first-order valence-corrected chi connectivity index (χ1v) is 7.71. The molecule has 0 bridgehead atoms. The van der Waals surface area contributed by atoms with Crippen LogP contribution in [0.5, 0.6) is 0 Å². The summed E-state index contributed by atoms with van der Waals surface area (Å²) >= 11 is 3.46. The predicted octanol–water partition coefficient (Wildman–Crippen LogP) is 3.26. The lowest BCUT2D eigenvalue weighted by Gasteiger charge is -2.06. The molecule has 18 heavy (non-hydrogen) atoms. The van der Waals surface area contributed by atoms with Gasteiger partial charge in [-0.05, 0) is 18.6 Å². The molecule has 0 aliphatic rings. The molecule has 0 aliphatic heterocycles. The molecule has 0 saturated carbocycles. The molecule has 0 aromatic carbocycles. The van der Waals surface area contributed by atoms with Crippen molar-refractivity contribution in [3.63, 3.8) is 0 Å². The number of thiophene rings is 1. The van der Waals surface area contributed by atoms with Crippen molar-refractivity contribution in [2.45, 2.75) is 25.8 Å². The number of rotatable bonds is 4. The molecule has 2 N–H and O–H groups in total. The standard InChI is InChI=1S/C13H15N3S2/c1-2-10-3-4-12(18-10)11(14)7-9-8-16-5-6-17-13(16)15-9/h3-6,8,11H,2,7,14H2,1H3. The number of nitrogens with two attached hydrogens (primary N) is 1. The van der Waals surface area contributed by atoms with Crippen molar-refractivity contribution in [1.29, 1.82) is 0 Å². The molecule has 0 spiro atoms. The Hall–Kier alpha value is -1.17. The summed E-state index contributed by atoms with van der Waals surface area (Å²) in [6, 6.07) is 4.37. The number of hydrogen-bond donors (Lipinski definition) is 1. The Morgan fingerprint density at radius 2 is 2.33 bits per heavy atom. The Balaban J connectivity index is 1.77. The summed E-state index contributed by atoms with van der Waals surface area (Å²) in [5, 5.41) is 2.04. The van der Waals surface area contributed by atoms with Crippen molar-refractivity contribution < 1.29 is 0 Å². The van der Waals surface area contributed by atoms with Crippen LogP contribution in [-0.2, 0) is 12.8 Å². The topological polar surface area (TPSA) is 43.3 Å². The van der Waals surface area contributed by atoms with E-state index in [0.717, 1.165) is 23.5 Å². The third-order valence-electron chi connectivity index (χ3n) is 2.97. The molecule has 94 valence electrons. The van der Waals surface area contributed by atoms with Crippen molar-refractivity contribution in [2.24, 2.45) is 5.73 Å². The van der Waals surface area contributed by atoms with Gasteiger partial charge in [0, 0.05) is 40.0 Å². The van der Waals surface area contributed by atoms with Gasteiger partial charge >= 0.3 is 0 Å². The van der Waals surface area contributed by atoms with Gasteiger partial charge in [-0.1, -0.05) is 6.92 Å². The average molecular weight is 277 g/mol. The summed E-state index contributed by atoms with van der Waals surface area (Å²) in [5.41, 5.74) is 7.32. The maximum absolute atomic E-state index is 6.25. The zero-order valence-electron chi connectivity index (χ0n) is 10.2. The van der Waals surface area contributed by atoms with Crippen LogP contribution < -0.4 is 5.73 Å². The number of thiazole rings is 1. The second kappa shape index (κ2) is 4.84. The molecule has 3 aromatic rings. The third-order valence-corrected chi connectivity index (χ3v) is 5.10. The fourth-order valence-corrected chi connectivity index (χ4v) is 3.66. The molecule has 3 nitrogen and oxygen atoms in total. The van der Waals surface area contributed by atoms with Crippen LogP contribution in [0, 0.1) is 0 Å². The van der Waals surface area contributed by atoms with Crippen LogP contribution in [0.4, 0.5) is 0 Å². The number of hydrogen-bond acceptors (Lipinski definition) is 4. The first-order valence-electron chi connectivity index (χ1n) is 6.01. The number of nitrogens with zero attached hydrogens (tertiary/aromatic N) is 2. The van der Waals surface area contributed by atoms with Crippen LogP contribution in [0.25, 0.3) is 4.96 Å². The van der Waals surface area contributed by atoms with Crippen LogP contribution in [0.15, 0.2) is 29.9 Å². The van der Waals surface area contributed by atoms with Crippen molar-refractivity contribution in [3.8, 4) is 0 Å². The van der Waals surface area contributed by atoms with Gasteiger partial charge in [0.25, 0.3) is 0 Å². The SMILES string of the molecule is CCc1ccc(C(N)Cc2cn3ccsc3n2)s1. The van der Waals surface area contributed by atoms with E-state index in [1.807, 2.05) is 22.9 Å². The van der Waals surface area contributed by atoms with Crippen LogP contribution in [0.2, 0.25) is 0 Å². The minimum atomic E-state index is 0.0555. The van der Waals surface area contributed by atoms with Gasteiger partial charge in [-0.25, -0.2) is 4.98 Å². The summed E-state index contributed by atoms with van der Waals surface area (Å²) in [6.07, 6.45) is 5.98. The first-order chi connectivity index (χ1) is 8.76.